The summed E-state index contributed by atoms with van der Waals surface area (Å²) < 4.78 is 3.78. The molecule has 0 aliphatic carbocycles. The summed E-state index contributed by atoms with van der Waals surface area (Å²) in [6.45, 7) is 0. The molecule has 0 fully saturated rings. The summed E-state index contributed by atoms with van der Waals surface area (Å²) in [6, 6.07) is 65.0. The summed E-state index contributed by atoms with van der Waals surface area (Å²) in [6.07, 6.45) is 0. The third-order valence-corrected chi connectivity index (χ3v) is 15.3. The second-order valence-corrected chi connectivity index (χ2v) is 17.2. The van der Waals surface area contributed by atoms with Gasteiger partial charge < -0.3 is 0 Å². The molecule has 0 unspecified atom stereocenters. The Labute approximate surface area is 277 Å². The lowest BCUT2D eigenvalue weighted by Gasteiger charge is -2.34. The largest absolute Gasteiger partial charge is 0.179 e. The lowest BCUT2D eigenvalue weighted by molar-refractivity contribution is 1.61. The second-order valence-electron chi connectivity index (χ2n) is 11.4. The maximum Gasteiger partial charge on any atom is 0.179 e. The molecule has 8 rings (SSSR count). The molecular formula is C42H29BrSSi. The Hall–Kier alpha value is -4.54. The van der Waals surface area contributed by atoms with Crippen LogP contribution in [0.3, 0.4) is 0 Å². The standard InChI is InChI=1S/C42H29BrSSi/c43-33-16-11-22-37(29-33)45(34-17-3-1-4-18-34,35-19-5-2-6-20-35)36-21-10-14-31(28-36)30-13-9-15-32(27-30)38-24-12-25-40-39-23-7-8-26-41(39)44-42(38)40/h1-29H. The molecule has 0 amide bonds. The predicted molar refractivity (Wildman–Crippen MR) is 202 cm³/mol. The normalized spacial score (nSPS) is 11.7. The van der Waals surface area contributed by atoms with E-state index >= 15 is 0 Å². The molecule has 0 bridgehead atoms. The highest BCUT2D eigenvalue weighted by Gasteiger charge is 2.41. The molecule has 0 saturated heterocycles. The Morgan fingerprint density at radius 1 is 0.400 bits per heavy atom. The van der Waals surface area contributed by atoms with E-state index in [1.165, 1.54) is 63.2 Å². The fourth-order valence-electron chi connectivity index (χ4n) is 6.87. The second kappa shape index (κ2) is 11.8. The Balaban J connectivity index is 1.33. The third-order valence-electron chi connectivity index (χ3n) is 8.88. The highest BCUT2D eigenvalue weighted by molar-refractivity contribution is 9.10. The minimum Gasteiger partial charge on any atom is -0.135 e. The third kappa shape index (κ3) is 4.88. The molecular weight excluding hydrogens is 645 g/mol. The molecule has 45 heavy (non-hydrogen) atoms. The summed E-state index contributed by atoms with van der Waals surface area (Å²) >= 11 is 5.69. The molecule has 0 N–H and O–H groups in total. The van der Waals surface area contributed by atoms with Gasteiger partial charge in [0.1, 0.15) is 0 Å². The molecule has 214 valence electrons. The lowest BCUT2D eigenvalue weighted by Crippen LogP contribution is -2.74. The van der Waals surface area contributed by atoms with Crippen LogP contribution in [0.15, 0.2) is 180 Å². The Morgan fingerprint density at radius 3 is 1.67 bits per heavy atom. The summed E-state index contributed by atoms with van der Waals surface area (Å²) in [4.78, 5) is 0. The van der Waals surface area contributed by atoms with Crippen LogP contribution in [-0.2, 0) is 0 Å². The number of rotatable bonds is 6. The van der Waals surface area contributed by atoms with Gasteiger partial charge in [0.25, 0.3) is 0 Å². The topological polar surface area (TPSA) is 0 Å². The molecule has 1 aromatic heterocycles. The molecule has 0 atom stereocenters. The van der Waals surface area contributed by atoms with Crippen LogP contribution < -0.4 is 20.7 Å². The summed E-state index contributed by atoms with van der Waals surface area (Å²) in [7, 11) is -2.66. The number of thiophene rings is 1. The van der Waals surface area contributed by atoms with E-state index in [0.29, 0.717) is 0 Å². The van der Waals surface area contributed by atoms with Crippen molar-refractivity contribution in [2.24, 2.45) is 0 Å². The zero-order chi connectivity index (χ0) is 30.2. The van der Waals surface area contributed by atoms with E-state index in [4.69, 9.17) is 0 Å². The molecule has 0 saturated carbocycles. The first kappa shape index (κ1) is 28.0. The van der Waals surface area contributed by atoms with E-state index in [-0.39, 0.29) is 0 Å². The van der Waals surface area contributed by atoms with Gasteiger partial charge in [-0.2, -0.15) is 0 Å². The number of hydrogen-bond donors (Lipinski definition) is 0. The Bertz CT molecular complexity index is 2250. The van der Waals surface area contributed by atoms with Gasteiger partial charge in [-0.3, -0.25) is 0 Å². The molecule has 0 aliphatic heterocycles. The quantitative estimate of drug-likeness (QED) is 0.122. The van der Waals surface area contributed by atoms with Crippen molar-refractivity contribution in [3.05, 3.63) is 180 Å². The molecule has 1 heterocycles. The molecule has 0 spiro atoms. The number of benzene rings is 7. The maximum absolute atomic E-state index is 3.80. The minimum atomic E-state index is -2.66. The van der Waals surface area contributed by atoms with E-state index in [9.17, 15) is 0 Å². The van der Waals surface area contributed by atoms with Crippen molar-refractivity contribution in [3.63, 3.8) is 0 Å². The molecule has 0 nitrogen and oxygen atoms in total. The summed E-state index contributed by atoms with van der Waals surface area (Å²) in [5, 5.41) is 8.13. The first-order chi connectivity index (χ1) is 22.2. The zero-order valence-electron chi connectivity index (χ0n) is 24.5. The SMILES string of the molecule is Brc1cccc([Si](c2ccccc2)(c2ccccc2)c2cccc(-c3cccc(-c4cccc5c4sc4ccccc45)c3)c2)c1. The first-order valence-electron chi connectivity index (χ1n) is 15.2. The maximum atomic E-state index is 3.80. The van der Waals surface area contributed by atoms with E-state index in [1.807, 2.05) is 11.3 Å². The van der Waals surface area contributed by atoms with E-state index in [1.54, 1.807) is 0 Å². The van der Waals surface area contributed by atoms with Crippen molar-refractivity contribution in [2.45, 2.75) is 0 Å². The number of halogens is 1. The van der Waals surface area contributed by atoms with Gasteiger partial charge in [0.2, 0.25) is 0 Å². The van der Waals surface area contributed by atoms with Gasteiger partial charge in [-0.15, -0.1) is 11.3 Å². The van der Waals surface area contributed by atoms with Crippen LogP contribution in [0.2, 0.25) is 0 Å². The minimum absolute atomic E-state index is 1.10. The Kier molecular flexibility index (Phi) is 7.31. The fraction of sp³-hybridized carbons (Fsp3) is 0. The average Bonchev–Trinajstić information content (AvgIpc) is 3.49. The molecule has 3 heteroatoms. The van der Waals surface area contributed by atoms with Crippen LogP contribution in [0, 0.1) is 0 Å². The van der Waals surface area contributed by atoms with Gasteiger partial charge in [-0.1, -0.05) is 168 Å². The predicted octanol–water partition coefficient (Wildman–Crippen LogP) is 9.53. The van der Waals surface area contributed by atoms with Crippen LogP contribution in [0.25, 0.3) is 42.4 Å². The van der Waals surface area contributed by atoms with Gasteiger partial charge in [-0.25, -0.2) is 0 Å². The Morgan fingerprint density at radius 2 is 0.933 bits per heavy atom. The van der Waals surface area contributed by atoms with Gasteiger partial charge >= 0.3 is 0 Å². The van der Waals surface area contributed by atoms with Crippen LogP contribution in [0.1, 0.15) is 0 Å². The monoisotopic (exact) mass is 672 g/mol. The van der Waals surface area contributed by atoms with E-state index in [0.717, 1.165) is 4.47 Å². The lowest BCUT2D eigenvalue weighted by atomic mass is 9.98. The molecule has 8 aromatic rings. The van der Waals surface area contributed by atoms with Crippen molar-refractivity contribution in [1.29, 1.82) is 0 Å². The van der Waals surface area contributed by atoms with Gasteiger partial charge in [-0.05, 0) is 67.3 Å². The molecule has 7 aromatic carbocycles. The van der Waals surface area contributed by atoms with Crippen LogP contribution in [0.5, 0.6) is 0 Å². The van der Waals surface area contributed by atoms with Crippen molar-refractivity contribution in [3.8, 4) is 22.3 Å². The van der Waals surface area contributed by atoms with Crippen molar-refractivity contribution in [2.75, 3.05) is 0 Å². The van der Waals surface area contributed by atoms with Crippen LogP contribution in [0.4, 0.5) is 0 Å². The number of fused-ring (bicyclic) bond motifs is 3. The van der Waals surface area contributed by atoms with Gasteiger partial charge in [0.15, 0.2) is 8.07 Å². The summed E-state index contributed by atoms with van der Waals surface area (Å²) in [5.74, 6) is 0. The average molecular weight is 674 g/mol. The van der Waals surface area contributed by atoms with Crippen LogP contribution in [-0.4, -0.2) is 8.07 Å². The van der Waals surface area contributed by atoms with E-state index < -0.39 is 8.07 Å². The molecule has 0 aliphatic rings. The van der Waals surface area contributed by atoms with E-state index in [2.05, 4.69) is 192 Å². The van der Waals surface area contributed by atoms with Gasteiger partial charge in [0, 0.05) is 24.6 Å². The highest BCUT2D eigenvalue weighted by atomic mass is 79.9. The summed E-state index contributed by atoms with van der Waals surface area (Å²) in [5.41, 5.74) is 5.00. The van der Waals surface area contributed by atoms with Crippen molar-refractivity contribution < 1.29 is 0 Å². The first-order valence-corrected chi connectivity index (χ1v) is 18.8. The van der Waals surface area contributed by atoms with Gasteiger partial charge in [0.05, 0.1) is 0 Å². The van der Waals surface area contributed by atoms with Crippen molar-refractivity contribution >= 4 is 76.3 Å². The van der Waals surface area contributed by atoms with Crippen LogP contribution >= 0.6 is 27.3 Å². The zero-order valence-corrected chi connectivity index (χ0v) is 27.9. The molecule has 0 radical (unpaired) electrons. The highest BCUT2D eigenvalue weighted by Crippen LogP contribution is 2.40. The number of hydrogen-bond acceptors (Lipinski definition) is 1. The fourth-order valence-corrected chi connectivity index (χ4v) is 13.5. The smallest absolute Gasteiger partial charge is 0.135 e. The van der Waals surface area contributed by atoms with Crippen molar-refractivity contribution in [1.82, 2.24) is 0 Å².